The summed E-state index contributed by atoms with van der Waals surface area (Å²) in [4.78, 5) is 21.9. The zero-order valence-corrected chi connectivity index (χ0v) is 17.3. The van der Waals surface area contributed by atoms with Crippen molar-refractivity contribution in [2.45, 2.75) is 33.7 Å². The first-order valence-corrected chi connectivity index (χ1v) is 9.87. The first-order valence-electron chi connectivity index (χ1n) is 9.87. The minimum Gasteiger partial charge on any atom is -0.493 e. The second-order valence-corrected chi connectivity index (χ2v) is 7.42. The number of benzene rings is 1. The number of allylic oxidation sites excluding steroid dienone is 1. The molecule has 7 nitrogen and oxygen atoms in total. The summed E-state index contributed by atoms with van der Waals surface area (Å²) in [5.74, 6) is 1.40. The van der Waals surface area contributed by atoms with Gasteiger partial charge < -0.3 is 14.1 Å². The number of fused-ring (bicyclic) bond motifs is 1. The van der Waals surface area contributed by atoms with Crippen molar-refractivity contribution in [1.29, 1.82) is 5.41 Å². The molecule has 1 aromatic heterocycles. The van der Waals surface area contributed by atoms with Crippen LogP contribution in [0.2, 0.25) is 0 Å². The topological polar surface area (TPSA) is 79.9 Å². The van der Waals surface area contributed by atoms with Gasteiger partial charge in [0.2, 0.25) is 0 Å². The molecule has 30 heavy (non-hydrogen) atoms. The number of nitrogens with zero attached hydrogens (tertiary/aromatic N) is 3. The van der Waals surface area contributed by atoms with Crippen LogP contribution < -0.4 is 4.74 Å². The van der Waals surface area contributed by atoms with Crippen LogP contribution in [0.1, 0.15) is 30.2 Å². The molecule has 0 bridgehead atoms. The average Bonchev–Trinajstić information content (AvgIpc) is 3.29. The van der Waals surface area contributed by atoms with Gasteiger partial charge in [-0.1, -0.05) is 17.7 Å². The molecule has 0 radical (unpaired) electrons. The van der Waals surface area contributed by atoms with Gasteiger partial charge in [-0.2, -0.15) is 4.99 Å². The Morgan fingerprint density at radius 2 is 2.07 bits per heavy atom. The van der Waals surface area contributed by atoms with Crippen LogP contribution in [0.3, 0.4) is 0 Å². The highest BCUT2D eigenvalue weighted by atomic mass is 16.7. The van der Waals surface area contributed by atoms with E-state index in [0.29, 0.717) is 18.2 Å². The number of aliphatic imine (C=N–C) groups is 1. The fraction of sp³-hybridized carbons (Fsp3) is 0.261. The first-order chi connectivity index (χ1) is 14.4. The molecule has 0 atom stereocenters. The van der Waals surface area contributed by atoms with Crippen LogP contribution >= 0.6 is 0 Å². The molecule has 2 aromatic rings. The Bertz CT molecular complexity index is 1110. The van der Waals surface area contributed by atoms with E-state index in [1.165, 1.54) is 10.6 Å². The summed E-state index contributed by atoms with van der Waals surface area (Å²) < 4.78 is 7.94. The van der Waals surface area contributed by atoms with Gasteiger partial charge in [0, 0.05) is 24.5 Å². The van der Waals surface area contributed by atoms with Gasteiger partial charge in [0.15, 0.2) is 11.7 Å². The second kappa shape index (κ2) is 8.02. The van der Waals surface area contributed by atoms with E-state index in [-0.39, 0.29) is 11.4 Å². The molecule has 1 N–H and O–H groups in total. The minimum atomic E-state index is -0.438. The SMILES string of the molecule is CC1=CC2=NC(=O)/C(=C\c3cccn3CCCOc3ccc(C)cc3C)C(=N)N2O1. The first kappa shape index (κ1) is 19.7. The Kier molecular flexibility index (Phi) is 5.27. The van der Waals surface area contributed by atoms with Gasteiger partial charge in [0.25, 0.3) is 5.91 Å². The lowest BCUT2D eigenvalue weighted by molar-refractivity contribution is -0.114. The number of aryl methyl sites for hydroxylation is 3. The maximum Gasteiger partial charge on any atom is 0.283 e. The maximum atomic E-state index is 12.4. The summed E-state index contributed by atoms with van der Waals surface area (Å²) in [6.07, 6.45) is 6.09. The maximum absolute atomic E-state index is 12.4. The molecule has 4 rings (SSSR count). The molecule has 0 aliphatic carbocycles. The number of hydrogen-bond donors (Lipinski definition) is 1. The third kappa shape index (κ3) is 3.91. The summed E-state index contributed by atoms with van der Waals surface area (Å²) in [5.41, 5.74) is 3.38. The predicted molar refractivity (Wildman–Crippen MR) is 115 cm³/mol. The lowest BCUT2D eigenvalue weighted by Crippen LogP contribution is -2.38. The van der Waals surface area contributed by atoms with Gasteiger partial charge in [0.05, 0.1) is 12.2 Å². The van der Waals surface area contributed by atoms with E-state index in [1.807, 2.05) is 42.0 Å². The molecular weight excluding hydrogens is 380 g/mol. The van der Waals surface area contributed by atoms with Crippen molar-refractivity contribution in [3.05, 3.63) is 70.8 Å². The number of amidine groups is 2. The molecule has 0 spiro atoms. The molecular formula is C23H24N4O3. The Labute approximate surface area is 175 Å². The van der Waals surface area contributed by atoms with Gasteiger partial charge in [-0.05, 0) is 57.0 Å². The number of hydroxylamine groups is 2. The van der Waals surface area contributed by atoms with Crippen molar-refractivity contribution in [3.63, 3.8) is 0 Å². The average molecular weight is 404 g/mol. The summed E-state index contributed by atoms with van der Waals surface area (Å²) in [7, 11) is 0. The minimum absolute atomic E-state index is 0.0102. The quantitative estimate of drug-likeness (QED) is 0.582. The number of carbonyl (C=O) groups is 1. The number of ether oxygens (including phenoxy) is 1. The zero-order chi connectivity index (χ0) is 21.3. The molecule has 1 amide bonds. The zero-order valence-electron chi connectivity index (χ0n) is 17.3. The smallest absolute Gasteiger partial charge is 0.283 e. The second-order valence-electron chi connectivity index (χ2n) is 7.42. The molecule has 154 valence electrons. The van der Waals surface area contributed by atoms with E-state index in [4.69, 9.17) is 15.0 Å². The number of rotatable bonds is 6. The molecule has 2 aliphatic heterocycles. The highest BCUT2D eigenvalue weighted by molar-refractivity contribution is 6.32. The highest BCUT2D eigenvalue weighted by Crippen LogP contribution is 2.24. The Morgan fingerprint density at radius 3 is 2.87 bits per heavy atom. The third-order valence-electron chi connectivity index (χ3n) is 4.97. The van der Waals surface area contributed by atoms with Crippen LogP contribution in [0.5, 0.6) is 5.75 Å². The summed E-state index contributed by atoms with van der Waals surface area (Å²) >= 11 is 0. The lowest BCUT2D eigenvalue weighted by Gasteiger charge is -2.23. The van der Waals surface area contributed by atoms with Crippen molar-refractivity contribution >= 4 is 23.7 Å². The van der Waals surface area contributed by atoms with Crippen LogP contribution in [0.25, 0.3) is 6.08 Å². The number of amides is 1. The van der Waals surface area contributed by atoms with Crippen molar-refractivity contribution in [3.8, 4) is 5.75 Å². The van der Waals surface area contributed by atoms with Gasteiger partial charge in [-0.3, -0.25) is 10.2 Å². The number of nitrogens with one attached hydrogen (secondary N) is 1. The molecule has 0 saturated carbocycles. The normalized spacial score (nSPS) is 17.0. The Morgan fingerprint density at radius 1 is 1.23 bits per heavy atom. The van der Waals surface area contributed by atoms with Gasteiger partial charge >= 0.3 is 0 Å². The molecule has 2 aliphatic rings. The Hall–Kier alpha value is -3.61. The van der Waals surface area contributed by atoms with Crippen LogP contribution in [0, 0.1) is 19.3 Å². The largest absolute Gasteiger partial charge is 0.493 e. The van der Waals surface area contributed by atoms with Gasteiger partial charge in [0.1, 0.15) is 11.5 Å². The summed E-state index contributed by atoms with van der Waals surface area (Å²) in [6, 6.07) is 9.98. The van der Waals surface area contributed by atoms with Crippen molar-refractivity contribution in [2.75, 3.05) is 6.61 Å². The predicted octanol–water partition coefficient (Wildman–Crippen LogP) is 4.02. The Balaban J connectivity index is 1.41. The van der Waals surface area contributed by atoms with Crippen LogP contribution in [-0.4, -0.2) is 33.8 Å². The van der Waals surface area contributed by atoms with Crippen molar-refractivity contribution in [2.24, 2.45) is 4.99 Å². The summed E-state index contributed by atoms with van der Waals surface area (Å²) in [6.45, 7) is 7.19. The van der Waals surface area contributed by atoms with Gasteiger partial charge in [-0.25, -0.2) is 0 Å². The molecule has 1 aromatic carbocycles. The van der Waals surface area contributed by atoms with E-state index in [1.54, 1.807) is 19.1 Å². The molecule has 0 saturated heterocycles. The summed E-state index contributed by atoms with van der Waals surface area (Å²) in [5, 5.41) is 9.60. The van der Waals surface area contributed by atoms with Crippen LogP contribution in [0.4, 0.5) is 0 Å². The number of aromatic nitrogens is 1. The molecule has 0 unspecified atom stereocenters. The highest BCUT2D eigenvalue weighted by Gasteiger charge is 2.34. The molecule has 0 fully saturated rings. The van der Waals surface area contributed by atoms with Gasteiger partial charge in [-0.15, -0.1) is 5.06 Å². The van der Waals surface area contributed by atoms with Crippen molar-refractivity contribution in [1.82, 2.24) is 9.63 Å². The third-order valence-corrected chi connectivity index (χ3v) is 4.97. The monoisotopic (exact) mass is 404 g/mol. The van der Waals surface area contributed by atoms with E-state index in [9.17, 15) is 4.79 Å². The van der Waals surface area contributed by atoms with Crippen LogP contribution in [0.15, 0.2) is 58.9 Å². The van der Waals surface area contributed by atoms with E-state index >= 15 is 0 Å². The number of carbonyl (C=O) groups excluding carboxylic acids is 1. The standard InChI is InChI=1S/C23H24N4O3/c1-15-7-8-20(16(2)12-15)29-11-5-10-26-9-4-6-18(26)14-19-22(24)27-21(25-23(19)28)13-17(3)30-27/h4,6-9,12-14,24H,5,10-11H2,1-3H3/b19-14-,24-22?. The molecule has 7 heteroatoms. The van der Waals surface area contributed by atoms with E-state index < -0.39 is 5.91 Å². The fourth-order valence-corrected chi connectivity index (χ4v) is 3.49. The molecule has 3 heterocycles. The number of hydrogen-bond acceptors (Lipinski definition) is 4. The van der Waals surface area contributed by atoms with E-state index in [0.717, 1.165) is 30.0 Å². The van der Waals surface area contributed by atoms with E-state index in [2.05, 4.69) is 18.0 Å². The van der Waals surface area contributed by atoms with Crippen molar-refractivity contribution < 1.29 is 14.4 Å². The lowest BCUT2D eigenvalue weighted by atomic mass is 10.1. The fourth-order valence-electron chi connectivity index (χ4n) is 3.49. The van der Waals surface area contributed by atoms with Crippen LogP contribution in [-0.2, 0) is 16.2 Å².